The molecule has 1 aromatic carbocycles. The van der Waals surface area contributed by atoms with Crippen molar-refractivity contribution in [3.8, 4) is 11.8 Å². The lowest BCUT2D eigenvalue weighted by Crippen LogP contribution is -2.48. The summed E-state index contributed by atoms with van der Waals surface area (Å²) < 4.78 is 5.24. The fraction of sp³-hybridized carbons (Fsp3) is 0.308. The zero-order valence-electron chi connectivity index (χ0n) is 10.6. The molecular weight excluding hydrogens is 246 g/mol. The van der Waals surface area contributed by atoms with Gasteiger partial charge in [0.15, 0.2) is 6.61 Å². The summed E-state index contributed by atoms with van der Waals surface area (Å²) in [5, 5.41) is 9.02. The van der Waals surface area contributed by atoms with Crippen LogP contribution in [0.2, 0.25) is 0 Å². The van der Waals surface area contributed by atoms with Crippen LogP contribution in [-0.4, -0.2) is 18.4 Å². The number of amides is 2. The fourth-order valence-corrected chi connectivity index (χ4v) is 1.72. The first kappa shape index (κ1) is 12.9. The topological polar surface area (TPSA) is 96.4 Å². The zero-order valence-corrected chi connectivity index (χ0v) is 10.6. The van der Waals surface area contributed by atoms with Gasteiger partial charge in [-0.25, -0.2) is 4.90 Å². The second-order valence-corrected chi connectivity index (χ2v) is 4.79. The molecule has 0 saturated heterocycles. The van der Waals surface area contributed by atoms with Gasteiger partial charge in [0.05, 0.1) is 11.8 Å². The minimum absolute atomic E-state index is 0.232. The molecule has 6 nitrogen and oxygen atoms in total. The van der Waals surface area contributed by atoms with E-state index in [1.807, 2.05) is 6.07 Å². The highest BCUT2D eigenvalue weighted by atomic mass is 16.5. The van der Waals surface area contributed by atoms with E-state index in [0.717, 1.165) is 4.90 Å². The van der Waals surface area contributed by atoms with E-state index in [4.69, 9.17) is 15.7 Å². The third kappa shape index (κ3) is 2.10. The normalized spacial score (nSPS) is 14.4. The van der Waals surface area contributed by atoms with Crippen LogP contribution >= 0.6 is 0 Å². The smallest absolute Gasteiger partial charge is 0.271 e. The summed E-state index contributed by atoms with van der Waals surface area (Å²) in [6.07, 6.45) is 0. The maximum atomic E-state index is 12.3. The third-order valence-corrected chi connectivity index (χ3v) is 2.84. The molecule has 2 amide bonds. The minimum atomic E-state index is -1.30. The summed E-state index contributed by atoms with van der Waals surface area (Å²) in [6.45, 7) is 2.69. The first-order valence-corrected chi connectivity index (χ1v) is 5.68. The number of nitrogens with zero attached hydrogens (tertiary/aromatic N) is 2. The Morgan fingerprint density at radius 3 is 2.84 bits per heavy atom. The van der Waals surface area contributed by atoms with E-state index in [0.29, 0.717) is 11.4 Å². The number of anilines is 2. The molecule has 0 saturated carbocycles. The number of fused-ring (bicyclic) bond motifs is 1. The maximum absolute atomic E-state index is 12.3. The van der Waals surface area contributed by atoms with Gasteiger partial charge >= 0.3 is 0 Å². The van der Waals surface area contributed by atoms with Gasteiger partial charge < -0.3 is 10.5 Å². The lowest BCUT2D eigenvalue weighted by Gasteiger charge is -2.31. The Morgan fingerprint density at radius 2 is 2.21 bits per heavy atom. The molecule has 0 aliphatic carbocycles. The summed E-state index contributed by atoms with van der Waals surface area (Å²) in [7, 11) is 0. The van der Waals surface area contributed by atoms with Crippen LogP contribution in [0.4, 0.5) is 11.4 Å². The number of nitrogen functional groups attached to an aromatic ring is 1. The average Bonchev–Trinajstić information content (AvgIpc) is 2.37. The standard InChI is InChI=1S/C13H13N3O3/c1-13(2,7-14)12(18)16-9-5-8(15)3-4-10(9)19-6-11(16)17/h3-5H,6,15H2,1-2H3. The van der Waals surface area contributed by atoms with Gasteiger partial charge in [-0.05, 0) is 32.0 Å². The Bertz CT molecular complexity index is 602. The first-order valence-electron chi connectivity index (χ1n) is 5.68. The molecule has 6 heteroatoms. The molecule has 0 unspecified atom stereocenters. The molecule has 0 atom stereocenters. The SMILES string of the molecule is CC(C)(C#N)C(=O)N1C(=O)COc2ccc(N)cc21. The zero-order chi connectivity index (χ0) is 14.2. The predicted molar refractivity (Wildman–Crippen MR) is 68.2 cm³/mol. The predicted octanol–water partition coefficient (Wildman–Crippen LogP) is 1.07. The monoisotopic (exact) mass is 259 g/mol. The lowest BCUT2D eigenvalue weighted by molar-refractivity contribution is -0.131. The summed E-state index contributed by atoms with van der Waals surface area (Å²) >= 11 is 0. The van der Waals surface area contributed by atoms with Gasteiger partial charge in [-0.15, -0.1) is 0 Å². The van der Waals surface area contributed by atoms with Gasteiger partial charge in [0.1, 0.15) is 11.2 Å². The van der Waals surface area contributed by atoms with E-state index >= 15 is 0 Å². The number of rotatable bonds is 1. The van der Waals surface area contributed by atoms with Crippen LogP contribution in [0.15, 0.2) is 18.2 Å². The van der Waals surface area contributed by atoms with Crippen molar-refractivity contribution < 1.29 is 14.3 Å². The van der Waals surface area contributed by atoms with Gasteiger partial charge in [-0.3, -0.25) is 9.59 Å². The number of hydrogen-bond acceptors (Lipinski definition) is 5. The van der Waals surface area contributed by atoms with Gasteiger partial charge in [-0.2, -0.15) is 5.26 Å². The maximum Gasteiger partial charge on any atom is 0.271 e. The van der Waals surface area contributed by atoms with Crippen molar-refractivity contribution in [3.63, 3.8) is 0 Å². The molecule has 0 radical (unpaired) electrons. The number of hydrogen-bond donors (Lipinski definition) is 1. The van der Waals surface area contributed by atoms with Crippen LogP contribution in [0.25, 0.3) is 0 Å². The molecular formula is C13H13N3O3. The van der Waals surface area contributed by atoms with Gasteiger partial charge in [-0.1, -0.05) is 0 Å². The molecule has 1 aliphatic heterocycles. The summed E-state index contributed by atoms with van der Waals surface area (Å²) in [5.74, 6) is -0.697. The van der Waals surface area contributed by atoms with Crippen LogP contribution < -0.4 is 15.4 Å². The van der Waals surface area contributed by atoms with Crippen molar-refractivity contribution >= 4 is 23.2 Å². The number of ether oxygens (including phenoxy) is 1. The van der Waals surface area contributed by atoms with Gasteiger partial charge in [0.2, 0.25) is 0 Å². The Balaban J connectivity index is 2.53. The molecule has 98 valence electrons. The van der Waals surface area contributed by atoms with Crippen molar-refractivity contribution in [2.45, 2.75) is 13.8 Å². The lowest BCUT2D eigenvalue weighted by atomic mass is 9.93. The highest BCUT2D eigenvalue weighted by Gasteiger charge is 2.39. The van der Waals surface area contributed by atoms with E-state index in [9.17, 15) is 9.59 Å². The largest absolute Gasteiger partial charge is 0.482 e. The second kappa shape index (κ2) is 4.28. The highest BCUT2D eigenvalue weighted by molar-refractivity contribution is 6.19. The summed E-state index contributed by atoms with van der Waals surface area (Å²) in [4.78, 5) is 25.2. The number of nitrogens with two attached hydrogens (primary N) is 1. The van der Waals surface area contributed by atoms with Crippen molar-refractivity contribution in [3.05, 3.63) is 18.2 Å². The summed E-state index contributed by atoms with van der Waals surface area (Å²) in [6, 6.07) is 6.58. The molecule has 0 fully saturated rings. The molecule has 0 aromatic heterocycles. The quantitative estimate of drug-likeness (QED) is 0.761. The van der Waals surface area contributed by atoms with E-state index in [2.05, 4.69) is 0 Å². The van der Waals surface area contributed by atoms with Crippen molar-refractivity contribution in [2.24, 2.45) is 5.41 Å². The van der Waals surface area contributed by atoms with Gasteiger partial charge in [0, 0.05) is 5.69 Å². The van der Waals surface area contributed by atoms with E-state index in [1.54, 1.807) is 12.1 Å². The second-order valence-electron chi connectivity index (χ2n) is 4.79. The Morgan fingerprint density at radius 1 is 1.53 bits per heavy atom. The van der Waals surface area contributed by atoms with Crippen LogP contribution in [0, 0.1) is 16.7 Å². The Labute approximate surface area is 110 Å². The van der Waals surface area contributed by atoms with E-state index in [1.165, 1.54) is 19.9 Å². The molecule has 19 heavy (non-hydrogen) atoms. The fourth-order valence-electron chi connectivity index (χ4n) is 1.72. The van der Waals surface area contributed by atoms with Crippen molar-refractivity contribution in [2.75, 3.05) is 17.2 Å². The molecule has 2 rings (SSSR count). The van der Waals surface area contributed by atoms with Gasteiger partial charge in [0.25, 0.3) is 11.8 Å². The number of carbonyl (C=O) groups excluding carboxylic acids is 2. The molecule has 0 spiro atoms. The number of carbonyl (C=O) groups is 2. The van der Waals surface area contributed by atoms with E-state index in [-0.39, 0.29) is 12.3 Å². The number of benzene rings is 1. The highest BCUT2D eigenvalue weighted by Crippen LogP contribution is 2.36. The van der Waals surface area contributed by atoms with Crippen molar-refractivity contribution in [1.29, 1.82) is 5.26 Å². The minimum Gasteiger partial charge on any atom is -0.482 e. The molecule has 1 aromatic rings. The van der Waals surface area contributed by atoms with E-state index < -0.39 is 17.2 Å². The van der Waals surface area contributed by atoms with Crippen molar-refractivity contribution in [1.82, 2.24) is 0 Å². The average molecular weight is 259 g/mol. The first-order chi connectivity index (χ1) is 8.86. The number of imide groups is 1. The Kier molecular flexibility index (Phi) is 2.91. The third-order valence-electron chi connectivity index (χ3n) is 2.84. The molecule has 1 heterocycles. The number of nitriles is 1. The Hall–Kier alpha value is -2.55. The summed E-state index contributed by atoms with van der Waals surface area (Å²) in [5.41, 5.74) is 5.05. The molecule has 1 aliphatic rings. The molecule has 2 N–H and O–H groups in total. The molecule has 0 bridgehead atoms. The van der Waals surface area contributed by atoms with Crippen LogP contribution in [0.3, 0.4) is 0 Å². The van der Waals surface area contributed by atoms with Crippen LogP contribution in [0.1, 0.15) is 13.8 Å². The van der Waals surface area contributed by atoms with Crippen LogP contribution in [-0.2, 0) is 9.59 Å². The van der Waals surface area contributed by atoms with Crippen LogP contribution in [0.5, 0.6) is 5.75 Å².